The first-order chi connectivity index (χ1) is 8.24. The zero-order valence-corrected chi connectivity index (χ0v) is 9.76. The van der Waals surface area contributed by atoms with E-state index in [1.807, 2.05) is 29.9 Å². The predicted molar refractivity (Wildman–Crippen MR) is 64.9 cm³/mol. The van der Waals surface area contributed by atoms with Crippen LogP contribution in [0, 0.1) is 0 Å². The molecule has 88 valence electrons. The maximum absolute atomic E-state index is 6.21. The van der Waals surface area contributed by atoms with E-state index in [0.29, 0.717) is 0 Å². The molecule has 17 heavy (non-hydrogen) atoms. The van der Waals surface area contributed by atoms with Gasteiger partial charge in [-0.3, -0.25) is 0 Å². The quantitative estimate of drug-likeness (QED) is 0.847. The van der Waals surface area contributed by atoms with Gasteiger partial charge in [0.05, 0.1) is 24.7 Å². The average Bonchev–Trinajstić information content (AvgIpc) is 2.95. The molecule has 0 bridgehead atoms. The minimum atomic E-state index is -0.165. The molecule has 1 aromatic heterocycles. The molecule has 0 radical (unpaired) electrons. The van der Waals surface area contributed by atoms with Crippen LogP contribution in [-0.2, 0) is 13.5 Å². The van der Waals surface area contributed by atoms with Crippen LogP contribution in [0.5, 0.6) is 5.75 Å². The smallest absolute Gasteiger partial charge is 0.122 e. The van der Waals surface area contributed by atoms with Gasteiger partial charge in [0.15, 0.2) is 0 Å². The lowest BCUT2D eigenvalue weighted by atomic mass is 10.0. The van der Waals surface area contributed by atoms with Gasteiger partial charge in [-0.25, -0.2) is 4.98 Å². The third-order valence-electron chi connectivity index (χ3n) is 3.12. The van der Waals surface area contributed by atoms with Crippen molar-refractivity contribution in [3.05, 3.63) is 47.5 Å². The van der Waals surface area contributed by atoms with Crippen LogP contribution >= 0.6 is 0 Å². The van der Waals surface area contributed by atoms with E-state index in [0.717, 1.165) is 30.0 Å². The van der Waals surface area contributed by atoms with Crippen molar-refractivity contribution < 1.29 is 4.74 Å². The third kappa shape index (κ3) is 1.80. The Bertz CT molecular complexity index is 547. The molecule has 0 fully saturated rings. The van der Waals surface area contributed by atoms with Crippen LogP contribution in [0.25, 0.3) is 0 Å². The molecular weight excluding hydrogens is 214 g/mol. The number of aromatic nitrogens is 2. The summed E-state index contributed by atoms with van der Waals surface area (Å²) in [5.41, 5.74) is 9.44. The van der Waals surface area contributed by atoms with Crippen molar-refractivity contribution >= 4 is 0 Å². The number of hydrogen-bond acceptors (Lipinski definition) is 3. The Hall–Kier alpha value is -1.81. The number of hydrogen-bond donors (Lipinski definition) is 1. The Morgan fingerprint density at radius 2 is 2.35 bits per heavy atom. The van der Waals surface area contributed by atoms with Crippen molar-refractivity contribution in [2.75, 3.05) is 6.61 Å². The summed E-state index contributed by atoms with van der Waals surface area (Å²) in [6.45, 7) is 0.775. The molecule has 0 saturated carbocycles. The Morgan fingerprint density at radius 1 is 1.47 bits per heavy atom. The number of imidazole rings is 1. The molecule has 3 rings (SSSR count). The summed E-state index contributed by atoms with van der Waals surface area (Å²) in [6, 6.07) is 5.98. The minimum Gasteiger partial charge on any atom is -0.493 e. The van der Waals surface area contributed by atoms with Crippen LogP contribution in [0.2, 0.25) is 0 Å². The lowest BCUT2D eigenvalue weighted by Gasteiger charge is -2.10. The highest BCUT2D eigenvalue weighted by molar-refractivity contribution is 5.42. The number of ether oxygens (including phenoxy) is 1. The average molecular weight is 229 g/mol. The fraction of sp³-hybridized carbons (Fsp3) is 0.308. The Labute approximate surface area is 100 Å². The van der Waals surface area contributed by atoms with Crippen LogP contribution in [0.3, 0.4) is 0 Å². The summed E-state index contributed by atoms with van der Waals surface area (Å²) >= 11 is 0. The van der Waals surface area contributed by atoms with Gasteiger partial charge in [0.25, 0.3) is 0 Å². The van der Waals surface area contributed by atoms with Crippen molar-refractivity contribution in [2.24, 2.45) is 12.8 Å². The van der Waals surface area contributed by atoms with Gasteiger partial charge in [-0.1, -0.05) is 12.1 Å². The first-order valence-corrected chi connectivity index (χ1v) is 5.73. The molecule has 0 spiro atoms. The molecule has 0 saturated heterocycles. The van der Waals surface area contributed by atoms with Gasteiger partial charge in [0.1, 0.15) is 5.75 Å². The van der Waals surface area contributed by atoms with E-state index in [4.69, 9.17) is 10.5 Å². The van der Waals surface area contributed by atoms with E-state index in [9.17, 15) is 0 Å². The second kappa shape index (κ2) is 3.89. The van der Waals surface area contributed by atoms with E-state index in [1.165, 1.54) is 5.56 Å². The van der Waals surface area contributed by atoms with Crippen LogP contribution in [0.15, 0.2) is 30.7 Å². The monoisotopic (exact) mass is 229 g/mol. The zero-order valence-electron chi connectivity index (χ0n) is 9.76. The third-order valence-corrected chi connectivity index (χ3v) is 3.12. The molecule has 2 aromatic rings. The zero-order chi connectivity index (χ0) is 11.8. The molecule has 1 aliphatic heterocycles. The summed E-state index contributed by atoms with van der Waals surface area (Å²) in [5, 5.41) is 0. The molecule has 1 aromatic carbocycles. The molecule has 1 atom stereocenters. The second-order valence-electron chi connectivity index (χ2n) is 4.41. The summed E-state index contributed by atoms with van der Waals surface area (Å²) < 4.78 is 7.39. The number of nitrogens with zero attached hydrogens (tertiary/aromatic N) is 2. The van der Waals surface area contributed by atoms with Gasteiger partial charge < -0.3 is 15.0 Å². The van der Waals surface area contributed by atoms with Crippen molar-refractivity contribution in [1.82, 2.24) is 9.55 Å². The summed E-state index contributed by atoms with van der Waals surface area (Å²) in [7, 11) is 1.94. The molecule has 0 amide bonds. The second-order valence-corrected chi connectivity index (χ2v) is 4.41. The first kappa shape index (κ1) is 10.4. The van der Waals surface area contributed by atoms with Gasteiger partial charge in [-0.2, -0.15) is 0 Å². The van der Waals surface area contributed by atoms with Gasteiger partial charge in [0, 0.05) is 19.7 Å². The number of benzene rings is 1. The van der Waals surface area contributed by atoms with E-state index in [1.54, 1.807) is 6.33 Å². The lowest BCUT2D eigenvalue weighted by Crippen LogP contribution is -2.12. The number of nitrogens with two attached hydrogens (primary N) is 1. The van der Waals surface area contributed by atoms with Gasteiger partial charge in [0.2, 0.25) is 0 Å². The standard InChI is InChI=1S/C13H15N3O/c1-16-7-11(15-8-16)13(14)10-2-3-12-9(6-10)4-5-17-12/h2-3,6-8,13H,4-5,14H2,1H3. The van der Waals surface area contributed by atoms with Crippen molar-refractivity contribution in [3.8, 4) is 5.75 Å². The molecule has 1 unspecified atom stereocenters. The minimum absolute atomic E-state index is 0.165. The van der Waals surface area contributed by atoms with Gasteiger partial charge >= 0.3 is 0 Å². The molecule has 4 nitrogen and oxygen atoms in total. The molecular formula is C13H15N3O. The highest BCUT2D eigenvalue weighted by Gasteiger charge is 2.16. The van der Waals surface area contributed by atoms with Crippen LogP contribution in [0.4, 0.5) is 0 Å². The maximum atomic E-state index is 6.21. The molecule has 1 aliphatic rings. The van der Waals surface area contributed by atoms with E-state index in [2.05, 4.69) is 11.1 Å². The predicted octanol–water partition coefficient (Wildman–Crippen LogP) is 1.40. The lowest BCUT2D eigenvalue weighted by molar-refractivity contribution is 0.357. The molecule has 0 aliphatic carbocycles. The van der Waals surface area contributed by atoms with Crippen molar-refractivity contribution in [3.63, 3.8) is 0 Å². The topological polar surface area (TPSA) is 53.1 Å². The number of aryl methyl sites for hydroxylation is 1. The van der Waals surface area contributed by atoms with Crippen molar-refractivity contribution in [1.29, 1.82) is 0 Å². The Balaban J connectivity index is 1.94. The van der Waals surface area contributed by atoms with E-state index >= 15 is 0 Å². The van der Waals surface area contributed by atoms with Gasteiger partial charge in [-0.05, 0) is 17.2 Å². The highest BCUT2D eigenvalue weighted by atomic mass is 16.5. The van der Waals surface area contributed by atoms with Gasteiger partial charge in [-0.15, -0.1) is 0 Å². The SMILES string of the molecule is Cn1cnc(C(N)c2ccc3c(c2)CCO3)c1. The number of rotatable bonds is 2. The molecule has 2 heterocycles. The summed E-state index contributed by atoms with van der Waals surface area (Å²) in [6.07, 6.45) is 4.69. The normalized spacial score (nSPS) is 15.4. The Kier molecular flexibility index (Phi) is 2.37. The van der Waals surface area contributed by atoms with Crippen LogP contribution < -0.4 is 10.5 Å². The fourth-order valence-corrected chi connectivity index (χ4v) is 2.16. The maximum Gasteiger partial charge on any atom is 0.122 e. The van der Waals surface area contributed by atoms with E-state index in [-0.39, 0.29) is 6.04 Å². The largest absolute Gasteiger partial charge is 0.493 e. The highest BCUT2D eigenvalue weighted by Crippen LogP contribution is 2.29. The van der Waals surface area contributed by atoms with Crippen molar-refractivity contribution in [2.45, 2.75) is 12.5 Å². The molecule has 4 heteroatoms. The fourth-order valence-electron chi connectivity index (χ4n) is 2.16. The first-order valence-electron chi connectivity index (χ1n) is 5.73. The Morgan fingerprint density at radius 3 is 3.12 bits per heavy atom. The van der Waals surface area contributed by atoms with Crippen LogP contribution in [0.1, 0.15) is 22.9 Å². The summed E-state index contributed by atoms with van der Waals surface area (Å²) in [4.78, 5) is 4.29. The van der Waals surface area contributed by atoms with E-state index < -0.39 is 0 Å². The number of fused-ring (bicyclic) bond motifs is 1. The molecule has 2 N–H and O–H groups in total. The summed E-state index contributed by atoms with van der Waals surface area (Å²) in [5.74, 6) is 0.988. The van der Waals surface area contributed by atoms with Crippen LogP contribution in [-0.4, -0.2) is 16.2 Å².